The molecule has 1 N–H and O–H groups in total. The van der Waals surface area contributed by atoms with Crippen molar-refractivity contribution in [1.82, 2.24) is 14.5 Å². The fraction of sp³-hybridized carbons (Fsp3) is 0.690. The minimum Gasteiger partial charge on any atom is -0.481 e. The number of anilines is 1. The lowest BCUT2D eigenvalue weighted by Gasteiger charge is -2.45. The number of carboxylic acid groups (broad SMARTS) is 1. The van der Waals surface area contributed by atoms with Crippen LogP contribution in [0.15, 0.2) is 29.1 Å². The monoisotopic (exact) mass is 492 g/mol. The van der Waals surface area contributed by atoms with Crippen LogP contribution in [0.5, 0.6) is 0 Å². The van der Waals surface area contributed by atoms with Gasteiger partial charge in [-0.15, -0.1) is 0 Å². The minimum atomic E-state index is -0.731. The molecule has 2 bridgehead atoms. The van der Waals surface area contributed by atoms with Crippen LogP contribution in [0, 0.1) is 5.92 Å². The van der Waals surface area contributed by atoms with Gasteiger partial charge in [0.1, 0.15) is 0 Å². The molecule has 194 valence electrons. The van der Waals surface area contributed by atoms with Gasteiger partial charge in [0, 0.05) is 37.3 Å². The SMILES string of the molecule is O=C(O)C1CCN(c2nc3ccccc3n([C@H]3C[C@H]4CC[C@@H](C3)N4C3CCCCCCC3)c2=O)CC1. The highest BCUT2D eigenvalue weighted by Gasteiger charge is 2.44. The Hall–Kier alpha value is -2.41. The fourth-order valence-electron chi connectivity index (χ4n) is 7.77. The summed E-state index contributed by atoms with van der Waals surface area (Å²) >= 11 is 0. The highest BCUT2D eigenvalue weighted by atomic mass is 16.4. The van der Waals surface area contributed by atoms with Gasteiger partial charge >= 0.3 is 5.97 Å². The van der Waals surface area contributed by atoms with Crippen LogP contribution in [0.2, 0.25) is 0 Å². The van der Waals surface area contributed by atoms with Gasteiger partial charge in [-0.2, -0.15) is 0 Å². The van der Waals surface area contributed by atoms with Gasteiger partial charge in [0.2, 0.25) is 0 Å². The van der Waals surface area contributed by atoms with Crippen molar-refractivity contribution >= 4 is 22.8 Å². The van der Waals surface area contributed by atoms with Crippen molar-refractivity contribution in [3.05, 3.63) is 34.6 Å². The van der Waals surface area contributed by atoms with E-state index in [0.717, 1.165) is 29.9 Å². The van der Waals surface area contributed by atoms with Gasteiger partial charge in [-0.3, -0.25) is 14.5 Å². The third-order valence-electron chi connectivity index (χ3n) is 9.55. The summed E-state index contributed by atoms with van der Waals surface area (Å²) in [5.74, 6) is -0.547. The van der Waals surface area contributed by atoms with Crippen LogP contribution < -0.4 is 10.5 Å². The Bertz CT molecular complexity index is 1130. The first kappa shape index (κ1) is 24.0. The number of nitrogens with zero attached hydrogens (tertiary/aromatic N) is 4. The average molecular weight is 493 g/mol. The molecule has 6 rings (SSSR count). The topological polar surface area (TPSA) is 78.7 Å². The van der Waals surface area contributed by atoms with E-state index in [0.29, 0.717) is 43.8 Å². The Kier molecular flexibility index (Phi) is 6.76. The number of carboxylic acids is 1. The van der Waals surface area contributed by atoms with Crippen molar-refractivity contribution in [3.8, 4) is 0 Å². The van der Waals surface area contributed by atoms with E-state index in [-0.39, 0.29) is 17.5 Å². The number of fused-ring (bicyclic) bond motifs is 3. The van der Waals surface area contributed by atoms with Crippen molar-refractivity contribution in [2.24, 2.45) is 5.92 Å². The standard InChI is InChI=1S/C29H40N4O3/c34-28-27(31-16-14-20(15-17-31)29(35)36)30-25-10-6-7-11-26(25)33(28)24-18-22-12-13-23(19-24)32(22)21-8-4-2-1-3-5-9-21/h6-7,10-11,20-24H,1-5,8-9,12-19H2,(H,35,36)/t22-,23+,24+. The largest absolute Gasteiger partial charge is 0.481 e. The maximum Gasteiger partial charge on any atom is 0.306 e. The Morgan fingerprint density at radius 2 is 1.44 bits per heavy atom. The quantitative estimate of drug-likeness (QED) is 0.649. The number of aliphatic carboxylic acids is 1. The third kappa shape index (κ3) is 4.44. The molecule has 36 heavy (non-hydrogen) atoms. The molecule has 0 spiro atoms. The Morgan fingerprint density at radius 3 is 2.11 bits per heavy atom. The summed E-state index contributed by atoms with van der Waals surface area (Å²) in [6.07, 6.45) is 15.3. The first-order valence-corrected chi connectivity index (χ1v) is 14.4. The van der Waals surface area contributed by atoms with E-state index in [2.05, 4.69) is 9.47 Å². The molecule has 0 unspecified atom stereocenters. The second-order valence-electron chi connectivity index (χ2n) is 11.7. The molecular weight excluding hydrogens is 452 g/mol. The lowest BCUT2D eigenvalue weighted by Crippen LogP contribution is -2.50. The number of hydrogen-bond donors (Lipinski definition) is 1. The molecule has 1 saturated carbocycles. The van der Waals surface area contributed by atoms with E-state index >= 15 is 0 Å². The number of rotatable bonds is 4. The highest BCUT2D eigenvalue weighted by Crippen LogP contribution is 2.44. The van der Waals surface area contributed by atoms with Crippen LogP contribution in [0.3, 0.4) is 0 Å². The predicted molar refractivity (Wildman–Crippen MR) is 142 cm³/mol. The molecule has 0 radical (unpaired) electrons. The van der Waals surface area contributed by atoms with E-state index in [1.807, 2.05) is 29.2 Å². The van der Waals surface area contributed by atoms with Crippen molar-refractivity contribution in [3.63, 3.8) is 0 Å². The molecule has 7 nitrogen and oxygen atoms in total. The molecule has 4 aliphatic rings. The zero-order valence-electron chi connectivity index (χ0n) is 21.4. The second-order valence-corrected chi connectivity index (χ2v) is 11.7. The number of piperidine rings is 2. The number of para-hydroxylation sites is 2. The van der Waals surface area contributed by atoms with Crippen molar-refractivity contribution in [2.75, 3.05) is 18.0 Å². The zero-order chi connectivity index (χ0) is 24.6. The summed E-state index contributed by atoms with van der Waals surface area (Å²) in [6, 6.07) is 10.1. The summed E-state index contributed by atoms with van der Waals surface area (Å²) in [7, 11) is 0. The van der Waals surface area contributed by atoms with Gasteiger partial charge in [0.25, 0.3) is 5.56 Å². The van der Waals surface area contributed by atoms with Crippen molar-refractivity contribution < 1.29 is 9.90 Å². The molecular formula is C29H40N4O3. The highest BCUT2D eigenvalue weighted by molar-refractivity contribution is 5.76. The van der Waals surface area contributed by atoms with Crippen LogP contribution in [-0.4, -0.2) is 56.7 Å². The van der Waals surface area contributed by atoms with Crippen LogP contribution in [-0.2, 0) is 4.79 Å². The number of aromatic nitrogens is 2. The normalized spacial score (nSPS) is 28.8. The number of hydrogen-bond acceptors (Lipinski definition) is 5. The molecule has 0 amide bonds. The maximum absolute atomic E-state index is 14.0. The number of carbonyl (C=O) groups is 1. The van der Waals surface area contributed by atoms with E-state index < -0.39 is 5.97 Å². The summed E-state index contributed by atoms with van der Waals surface area (Å²) in [5.41, 5.74) is 1.81. The first-order valence-electron chi connectivity index (χ1n) is 14.4. The Balaban J connectivity index is 1.30. The smallest absolute Gasteiger partial charge is 0.306 e. The summed E-state index contributed by atoms with van der Waals surface area (Å²) < 4.78 is 2.07. The molecule has 2 aromatic rings. The van der Waals surface area contributed by atoms with Crippen molar-refractivity contribution in [1.29, 1.82) is 0 Å². The van der Waals surface area contributed by atoms with Gasteiger partial charge in [0.05, 0.1) is 17.0 Å². The Morgan fingerprint density at radius 1 is 0.806 bits per heavy atom. The fourth-order valence-corrected chi connectivity index (χ4v) is 7.77. The molecule has 3 aliphatic heterocycles. The first-order chi connectivity index (χ1) is 17.6. The maximum atomic E-state index is 14.0. The average Bonchev–Trinajstić information content (AvgIpc) is 3.12. The van der Waals surface area contributed by atoms with E-state index in [1.54, 1.807) is 0 Å². The minimum absolute atomic E-state index is 0.00581. The summed E-state index contributed by atoms with van der Waals surface area (Å²) in [6.45, 7) is 1.14. The van der Waals surface area contributed by atoms with E-state index in [4.69, 9.17) is 4.98 Å². The molecule has 3 atom stereocenters. The van der Waals surface area contributed by atoms with Crippen LogP contribution in [0.1, 0.15) is 89.5 Å². The lowest BCUT2D eigenvalue weighted by molar-refractivity contribution is -0.142. The predicted octanol–water partition coefficient (Wildman–Crippen LogP) is 4.98. The van der Waals surface area contributed by atoms with Gasteiger partial charge < -0.3 is 14.6 Å². The van der Waals surface area contributed by atoms with Gasteiger partial charge in [0.15, 0.2) is 5.82 Å². The third-order valence-corrected chi connectivity index (χ3v) is 9.55. The lowest BCUT2D eigenvalue weighted by atomic mass is 9.89. The van der Waals surface area contributed by atoms with Gasteiger partial charge in [-0.1, -0.05) is 44.2 Å². The van der Waals surface area contributed by atoms with Gasteiger partial charge in [-0.05, 0) is 63.5 Å². The Labute approximate surface area is 213 Å². The zero-order valence-corrected chi connectivity index (χ0v) is 21.4. The van der Waals surface area contributed by atoms with E-state index in [1.165, 1.54) is 57.8 Å². The molecule has 3 saturated heterocycles. The molecule has 4 fully saturated rings. The van der Waals surface area contributed by atoms with E-state index in [9.17, 15) is 14.7 Å². The molecule has 7 heteroatoms. The molecule has 1 aromatic heterocycles. The molecule has 1 aromatic carbocycles. The number of benzene rings is 1. The molecule has 1 aliphatic carbocycles. The van der Waals surface area contributed by atoms with Crippen LogP contribution >= 0.6 is 0 Å². The summed E-state index contributed by atoms with van der Waals surface area (Å²) in [5, 5.41) is 9.40. The van der Waals surface area contributed by atoms with Crippen LogP contribution in [0.4, 0.5) is 5.82 Å². The second kappa shape index (κ2) is 10.2. The summed E-state index contributed by atoms with van der Waals surface area (Å²) in [4.78, 5) is 35.2. The molecule has 4 heterocycles. The van der Waals surface area contributed by atoms with Crippen LogP contribution in [0.25, 0.3) is 11.0 Å². The van der Waals surface area contributed by atoms with Gasteiger partial charge in [-0.25, -0.2) is 4.98 Å². The van der Waals surface area contributed by atoms with Crippen molar-refractivity contribution in [2.45, 2.75) is 108 Å².